The average Bonchev–Trinajstić information content (AvgIpc) is 1.95. The highest BCUT2D eigenvalue weighted by Crippen LogP contribution is 2.20. The molecule has 0 aliphatic heterocycles. The summed E-state index contributed by atoms with van der Waals surface area (Å²) < 4.78 is 5.36. The van der Waals surface area contributed by atoms with Crippen LogP contribution in [-0.4, -0.2) is 6.61 Å². The van der Waals surface area contributed by atoms with E-state index in [1.54, 1.807) is 0 Å². The molecular formula is C9H12OS. The van der Waals surface area contributed by atoms with E-state index in [1.165, 1.54) is 0 Å². The monoisotopic (exact) mass is 168 g/mol. The Morgan fingerprint density at radius 1 is 1.45 bits per heavy atom. The first kappa shape index (κ1) is 8.47. The second kappa shape index (κ2) is 3.67. The topological polar surface area (TPSA) is 9.23 Å². The SMILES string of the molecule is CCOc1ccc(S)cc1C. The Labute approximate surface area is 72.8 Å². The molecular weight excluding hydrogens is 156 g/mol. The van der Waals surface area contributed by atoms with E-state index in [1.807, 2.05) is 32.0 Å². The maximum absolute atomic E-state index is 5.36. The largest absolute Gasteiger partial charge is 0.494 e. The number of hydrogen-bond acceptors (Lipinski definition) is 2. The summed E-state index contributed by atoms with van der Waals surface area (Å²) in [5.74, 6) is 0.949. The summed E-state index contributed by atoms with van der Waals surface area (Å²) in [4.78, 5) is 0.978. The van der Waals surface area contributed by atoms with Crippen LogP contribution in [-0.2, 0) is 0 Å². The van der Waals surface area contributed by atoms with Gasteiger partial charge in [-0.25, -0.2) is 0 Å². The van der Waals surface area contributed by atoms with Crippen LogP contribution in [0, 0.1) is 6.92 Å². The van der Waals surface area contributed by atoms with Crippen LogP contribution in [0.25, 0.3) is 0 Å². The third kappa shape index (κ3) is 2.15. The van der Waals surface area contributed by atoms with Gasteiger partial charge in [0.2, 0.25) is 0 Å². The summed E-state index contributed by atoms with van der Waals surface area (Å²) in [5, 5.41) is 0. The molecule has 1 aromatic rings. The third-order valence-corrected chi connectivity index (χ3v) is 1.74. The van der Waals surface area contributed by atoms with Crippen LogP contribution in [0.4, 0.5) is 0 Å². The Morgan fingerprint density at radius 3 is 2.73 bits per heavy atom. The summed E-state index contributed by atoms with van der Waals surface area (Å²) >= 11 is 4.21. The van der Waals surface area contributed by atoms with E-state index >= 15 is 0 Å². The zero-order valence-electron chi connectivity index (χ0n) is 6.79. The Morgan fingerprint density at radius 2 is 2.18 bits per heavy atom. The van der Waals surface area contributed by atoms with Crippen molar-refractivity contribution in [2.24, 2.45) is 0 Å². The number of hydrogen-bond donors (Lipinski definition) is 1. The summed E-state index contributed by atoms with van der Waals surface area (Å²) in [6.07, 6.45) is 0. The first-order valence-electron chi connectivity index (χ1n) is 3.66. The molecule has 0 aliphatic carbocycles. The van der Waals surface area contributed by atoms with Crippen molar-refractivity contribution in [3.63, 3.8) is 0 Å². The molecule has 0 saturated carbocycles. The Balaban J connectivity index is 2.90. The van der Waals surface area contributed by atoms with Crippen LogP contribution in [0.2, 0.25) is 0 Å². The van der Waals surface area contributed by atoms with Crippen LogP contribution in [0.3, 0.4) is 0 Å². The minimum Gasteiger partial charge on any atom is -0.494 e. The molecule has 60 valence electrons. The van der Waals surface area contributed by atoms with E-state index in [-0.39, 0.29) is 0 Å². The fourth-order valence-electron chi connectivity index (χ4n) is 0.951. The van der Waals surface area contributed by atoms with Gasteiger partial charge in [0.05, 0.1) is 6.61 Å². The summed E-state index contributed by atoms with van der Waals surface area (Å²) in [6.45, 7) is 4.71. The van der Waals surface area contributed by atoms with Gasteiger partial charge in [0.15, 0.2) is 0 Å². The van der Waals surface area contributed by atoms with Crippen LogP contribution in [0.5, 0.6) is 5.75 Å². The molecule has 2 heteroatoms. The first-order valence-corrected chi connectivity index (χ1v) is 4.11. The molecule has 0 aromatic heterocycles. The third-order valence-electron chi connectivity index (χ3n) is 1.46. The van der Waals surface area contributed by atoms with E-state index in [2.05, 4.69) is 12.6 Å². The van der Waals surface area contributed by atoms with Crippen LogP contribution < -0.4 is 4.74 Å². The van der Waals surface area contributed by atoms with Gasteiger partial charge in [-0.15, -0.1) is 12.6 Å². The van der Waals surface area contributed by atoms with Gasteiger partial charge in [-0.1, -0.05) is 0 Å². The lowest BCUT2D eigenvalue weighted by Crippen LogP contribution is -1.93. The van der Waals surface area contributed by atoms with E-state index in [4.69, 9.17) is 4.74 Å². The van der Waals surface area contributed by atoms with Gasteiger partial charge >= 0.3 is 0 Å². The maximum Gasteiger partial charge on any atom is 0.122 e. The molecule has 0 N–H and O–H groups in total. The Bertz CT molecular complexity index is 245. The van der Waals surface area contributed by atoms with Gasteiger partial charge < -0.3 is 4.74 Å². The van der Waals surface area contributed by atoms with Crippen LogP contribution >= 0.6 is 12.6 Å². The quantitative estimate of drug-likeness (QED) is 0.668. The fraction of sp³-hybridized carbons (Fsp3) is 0.333. The van der Waals surface area contributed by atoms with Crippen molar-refractivity contribution in [3.05, 3.63) is 23.8 Å². The molecule has 0 saturated heterocycles. The number of benzene rings is 1. The van der Waals surface area contributed by atoms with Gasteiger partial charge in [-0.2, -0.15) is 0 Å². The maximum atomic E-state index is 5.36. The molecule has 0 fully saturated rings. The predicted octanol–water partition coefficient (Wildman–Crippen LogP) is 2.68. The van der Waals surface area contributed by atoms with Gasteiger partial charge in [0, 0.05) is 4.90 Å². The number of aryl methyl sites for hydroxylation is 1. The molecule has 11 heavy (non-hydrogen) atoms. The second-order valence-electron chi connectivity index (χ2n) is 2.38. The van der Waals surface area contributed by atoms with Gasteiger partial charge in [-0.05, 0) is 37.6 Å². The average molecular weight is 168 g/mol. The van der Waals surface area contributed by atoms with E-state index in [0.717, 1.165) is 16.2 Å². The van der Waals surface area contributed by atoms with Gasteiger partial charge in [0.25, 0.3) is 0 Å². The minimum atomic E-state index is 0.715. The molecule has 1 aromatic carbocycles. The summed E-state index contributed by atoms with van der Waals surface area (Å²) in [6, 6.07) is 5.87. The second-order valence-corrected chi connectivity index (χ2v) is 2.90. The standard InChI is InChI=1S/C9H12OS/c1-3-10-9-5-4-8(11)6-7(9)2/h4-6,11H,3H2,1-2H3. The zero-order valence-corrected chi connectivity index (χ0v) is 7.69. The van der Waals surface area contributed by atoms with Gasteiger partial charge in [0.1, 0.15) is 5.75 Å². The predicted molar refractivity (Wildman–Crippen MR) is 49.6 cm³/mol. The summed E-state index contributed by atoms with van der Waals surface area (Å²) in [5.41, 5.74) is 1.14. The summed E-state index contributed by atoms with van der Waals surface area (Å²) in [7, 11) is 0. The molecule has 0 heterocycles. The molecule has 0 spiro atoms. The van der Waals surface area contributed by atoms with Crippen molar-refractivity contribution in [2.45, 2.75) is 18.7 Å². The van der Waals surface area contributed by atoms with E-state index in [9.17, 15) is 0 Å². The molecule has 1 rings (SSSR count). The molecule has 0 amide bonds. The normalized spacial score (nSPS) is 9.73. The molecule has 0 unspecified atom stereocenters. The first-order chi connectivity index (χ1) is 5.24. The lowest BCUT2D eigenvalue weighted by molar-refractivity contribution is 0.337. The smallest absolute Gasteiger partial charge is 0.122 e. The van der Waals surface area contributed by atoms with Crippen molar-refractivity contribution < 1.29 is 4.74 Å². The number of rotatable bonds is 2. The van der Waals surface area contributed by atoms with Gasteiger partial charge in [-0.3, -0.25) is 0 Å². The Kier molecular flexibility index (Phi) is 2.83. The Hall–Kier alpha value is -0.630. The van der Waals surface area contributed by atoms with E-state index < -0.39 is 0 Å². The zero-order chi connectivity index (χ0) is 8.27. The van der Waals surface area contributed by atoms with Crippen molar-refractivity contribution in [1.82, 2.24) is 0 Å². The van der Waals surface area contributed by atoms with Crippen molar-refractivity contribution in [1.29, 1.82) is 0 Å². The van der Waals surface area contributed by atoms with Crippen LogP contribution in [0.1, 0.15) is 12.5 Å². The van der Waals surface area contributed by atoms with Crippen molar-refractivity contribution in [3.8, 4) is 5.75 Å². The van der Waals surface area contributed by atoms with Crippen LogP contribution in [0.15, 0.2) is 23.1 Å². The highest BCUT2D eigenvalue weighted by molar-refractivity contribution is 7.80. The highest BCUT2D eigenvalue weighted by Gasteiger charge is 1.96. The molecule has 1 nitrogen and oxygen atoms in total. The number of ether oxygens (including phenoxy) is 1. The van der Waals surface area contributed by atoms with Crippen molar-refractivity contribution >= 4 is 12.6 Å². The molecule has 0 atom stereocenters. The van der Waals surface area contributed by atoms with Crippen molar-refractivity contribution in [2.75, 3.05) is 6.61 Å². The molecule has 0 bridgehead atoms. The lowest BCUT2D eigenvalue weighted by Gasteiger charge is -2.06. The highest BCUT2D eigenvalue weighted by atomic mass is 32.1. The minimum absolute atomic E-state index is 0.715. The molecule has 0 radical (unpaired) electrons. The fourth-order valence-corrected chi connectivity index (χ4v) is 1.22. The molecule has 0 aliphatic rings. The lowest BCUT2D eigenvalue weighted by atomic mass is 10.2. The van der Waals surface area contributed by atoms with E-state index in [0.29, 0.717) is 6.61 Å². The number of thiol groups is 1.